The first-order chi connectivity index (χ1) is 22.0. The molecule has 3 aromatic rings. The number of hydrogen-bond acceptors (Lipinski definition) is 6. The summed E-state index contributed by atoms with van der Waals surface area (Å²) in [7, 11) is 2.88. The minimum absolute atomic E-state index is 0.0136. The van der Waals surface area contributed by atoms with Gasteiger partial charge in [-0.3, -0.25) is 19.2 Å². The topological polar surface area (TPSA) is 156 Å². The molecular weight excluding hydrogens is 599 g/mol. The van der Waals surface area contributed by atoms with Gasteiger partial charge in [-0.25, -0.2) is 9.18 Å². The molecule has 0 bridgehead atoms. The van der Waals surface area contributed by atoms with Gasteiger partial charge in [0.15, 0.2) is 0 Å². The van der Waals surface area contributed by atoms with Crippen molar-refractivity contribution in [1.82, 2.24) is 29.9 Å². The van der Waals surface area contributed by atoms with Crippen LogP contribution in [0.25, 0.3) is 10.9 Å². The molecule has 1 fully saturated rings. The van der Waals surface area contributed by atoms with Gasteiger partial charge in [0, 0.05) is 63.8 Å². The van der Waals surface area contributed by atoms with E-state index in [2.05, 4.69) is 10.3 Å². The van der Waals surface area contributed by atoms with Crippen LogP contribution < -0.4 is 10.1 Å². The molecule has 0 spiro atoms. The number of ether oxygens (including phenoxy) is 1. The maximum atomic E-state index is 14.5. The van der Waals surface area contributed by atoms with Gasteiger partial charge in [0.2, 0.25) is 17.7 Å². The van der Waals surface area contributed by atoms with Crippen LogP contribution in [0.15, 0.2) is 48.7 Å². The van der Waals surface area contributed by atoms with Crippen LogP contribution in [0.5, 0.6) is 5.75 Å². The number of hydrogen-bond donors (Lipinski definition) is 3. The van der Waals surface area contributed by atoms with E-state index in [-0.39, 0.29) is 63.5 Å². The minimum Gasteiger partial charge on any atom is -0.491 e. The molecule has 0 unspecified atom stereocenters. The Labute approximate surface area is 264 Å². The Balaban J connectivity index is 1.39. The zero-order valence-electron chi connectivity index (χ0n) is 25.7. The van der Waals surface area contributed by atoms with E-state index < -0.39 is 47.6 Å². The van der Waals surface area contributed by atoms with Crippen molar-refractivity contribution in [3.63, 3.8) is 0 Å². The van der Waals surface area contributed by atoms with Gasteiger partial charge in [-0.05, 0) is 42.7 Å². The van der Waals surface area contributed by atoms with Gasteiger partial charge >= 0.3 is 6.09 Å². The zero-order chi connectivity index (χ0) is 33.0. The average molecular weight is 637 g/mol. The van der Waals surface area contributed by atoms with Gasteiger partial charge in [-0.2, -0.15) is 0 Å². The first kappa shape index (κ1) is 32.3. The number of halogens is 1. The molecule has 1 aromatic heterocycles. The van der Waals surface area contributed by atoms with Gasteiger partial charge in [-0.1, -0.05) is 18.2 Å². The molecule has 0 radical (unpaired) electrons. The lowest BCUT2D eigenvalue weighted by molar-refractivity contribution is -0.143. The third-order valence-electron chi connectivity index (χ3n) is 8.57. The number of carboxylic acid groups (broad SMARTS) is 1. The third kappa shape index (κ3) is 7.05. The fraction of sp³-hybridized carbons (Fsp3) is 0.406. The molecule has 2 atom stereocenters. The number of nitrogens with one attached hydrogen (secondary N) is 2. The average Bonchev–Trinajstić information content (AvgIpc) is 3.45. The SMILES string of the molecule is CN1CC(=O)N2CCN(C(=O)O)C[C@H]2COc2ccc(F)cc2C(=O)N(C)[C@H](C(=O)NCCc2c[nH]c3ccccc23)CCC1=O. The Kier molecular flexibility index (Phi) is 9.73. The summed E-state index contributed by atoms with van der Waals surface area (Å²) in [5, 5.41) is 13.5. The standard InChI is InChI=1S/C32H37FN6O7/c1-36-18-29(41)39-14-13-38(32(44)45)17-22(39)19-46-27-9-7-21(33)15-24(27)31(43)37(2)26(8-10-28(36)40)30(42)34-12-11-20-16-35-25-6-4-3-5-23(20)25/h3-7,9,15-16,22,26,35H,8,10-14,17-19H2,1-2H3,(H,34,42)(H,44,45)/t22-,26-/m0/s1. The van der Waals surface area contributed by atoms with E-state index in [1.165, 1.54) is 34.9 Å². The molecule has 3 heterocycles. The lowest BCUT2D eigenvalue weighted by atomic mass is 10.1. The Morgan fingerprint density at radius 3 is 2.65 bits per heavy atom. The Morgan fingerprint density at radius 1 is 1.09 bits per heavy atom. The second-order valence-corrected chi connectivity index (χ2v) is 11.5. The first-order valence-electron chi connectivity index (χ1n) is 15.1. The molecule has 2 aromatic carbocycles. The molecule has 46 heavy (non-hydrogen) atoms. The quantitative estimate of drug-likeness (QED) is 0.395. The van der Waals surface area contributed by atoms with Gasteiger partial charge in [-0.15, -0.1) is 0 Å². The largest absolute Gasteiger partial charge is 0.491 e. The van der Waals surface area contributed by atoms with Crippen LogP contribution in [0.3, 0.4) is 0 Å². The molecule has 2 aliphatic rings. The van der Waals surface area contributed by atoms with Gasteiger partial charge in [0.1, 0.15) is 24.2 Å². The number of likely N-dealkylation sites (N-methyl/N-ethyl adjacent to an activating group) is 2. The van der Waals surface area contributed by atoms with E-state index in [9.17, 15) is 33.5 Å². The summed E-state index contributed by atoms with van der Waals surface area (Å²) in [6, 6.07) is 9.37. The molecule has 14 heteroatoms. The smallest absolute Gasteiger partial charge is 0.407 e. The van der Waals surface area contributed by atoms with Crippen molar-refractivity contribution < 1.29 is 38.2 Å². The summed E-state index contributed by atoms with van der Waals surface area (Å²) < 4.78 is 20.4. The summed E-state index contributed by atoms with van der Waals surface area (Å²) >= 11 is 0. The van der Waals surface area contributed by atoms with E-state index in [1.54, 1.807) is 0 Å². The summed E-state index contributed by atoms with van der Waals surface area (Å²) in [5.74, 6) is -2.70. The molecule has 1 saturated heterocycles. The number of aromatic amines is 1. The highest BCUT2D eigenvalue weighted by Gasteiger charge is 2.35. The predicted octanol–water partition coefficient (Wildman–Crippen LogP) is 1.93. The summed E-state index contributed by atoms with van der Waals surface area (Å²) in [5.41, 5.74) is 1.83. The minimum atomic E-state index is -1.15. The number of rotatable bonds is 4. The van der Waals surface area contributed by atoms with Gasteiger partial charge in [0.05, 0.1) is 18.2 Å². The first-order valence-corrected chi connectivity index (χ1v) is 15.1. The van der Waals surface area contributed by atoms with Crippen molar-refractivity contribution in [1.29, 1.82) is 0 Å². The van der Waals surface area contributed by atoms with Gasteiger partial charge < -0.3 is 39.7 Å². The molecule has 3 N–H and O–H groups in total. The van der Waals surface area contributed by atoms with Crippen molar-refractivity contribution in [2.24, 2.45) is 0 Å². The second-order valence-electron chi connectivity index (χ2n) is 11.5. The number of aromatic nitrogens is 1. The number of piperazine rings is 1. The zero-order valence-corrected chi connectivity index (χ0v) is 25.7. The third-order valence-corrected chi connectivity index (χ3v) is 8.57. The maximum Gasteiger partial charge on any atom is 0.407 e. The Bertz CT molecular complexity index is 1640. The molecular formula is C32H37FN6O7. The molecule has 2 aliphatic heterocycles. The molecule has 5 rings (SSSR count). The Morgan fingerprint density at radius 2 is 1.87 bits per heavy atom. The monoisotopic (exact) mass is 636 g/mol. The van der Waals surface area contributed by atoms with Crippen LogP contribution >= 0.6 is 0 Å². The van der Waals surface area contributed by atoms with E-state index >= 15 is 0 Å². The van der Waals surface area contributed by atoms with Crippen molar-refractivity contribution in [3.8, 4) is 5.75 Å². The van der Waals surface area contributed by atoms with Crippen molar-refractivity contribution in [3.05, 3.63) is 65.6 Å². The fourth-order valence-corrected chi connectivity index (χ4v) is 5.92. The lowest BCUT2D eigenvalue weighted by Gasteiger charge is -2.40. The maximum absolute atomic E-state index is 14.5. The highest BCUT2D eigenvalue weighted by molar-refractivity contribution is 5.99. The molecule has 244 valence electrons. The van der Waals surface area contributed by atoms with E-state index in [1.807, 2.05) is 30.5 Å². The van der Waals surface area contributed by atoms with Crippen LogP contribution in [0.2, 0.25) is 0 Å². The number of benzene rings is 2. The van der Waals surface area contributed by atoms with E-state index in [4.69, 9.17) is 4.74 Å². The summed E-state index contributed by atoms with van der Waals surface area (Å²) in [6.45, 7) is -0.0806. The van der Waals surface area contributed by atoms with Crippen molar-refractivity contribution >= 4 is 40.6 Å². The van der Waals surface area contributed by atoms with Gasteiger partial charge in [0.25, 0.3) is 5.91 Å². The number of carbonyl (C=O) groups is 5. The van der Waals surface area contributed by atoms with Crippen LogP contribution in [-0.2, 0) is 20.8 Å². The predicted molar refractivity (Wildman–Crippen MR) is 165 cm³/mol. The highest BCUT2D eigenvalue weighted by atomic mass is 19.1. The fourth-order valence-electron chi connectivity index (χ4n) is 5.92. The lowest BCUT2D eigenvalue weighted by Crippen LogP contribution is -2.59. The van der Waals surface area contributed by atoms with Crippen LogP contribution in [0.4, 0.5) is 9.18 Å². The van der Waals surface area contributed by atoms with E-state index in [0.717, 1.165) is 33.5 Å². The number of para-hydroxylation sites is 1. The summed E-state index contributed by atoms with van der Waals surface area (Å²) in [4.78, 5) is 73.8. The van der Waals surface area contributed by atoms with Crippen LogP contribution in [0, 0.1) is 5.82 Å². The number of carbonyl (C=O) groups excluding carboxylic acids is 4. The normalized spacial score (nSPS) is 20.0. The van der Waals surface area contributed by atoms with Crippen molar-refractivity contribution in [2.75, 3.05) is 53.4 Å². The highest BCUT2D eigenvalue weighted by Crippen LogP contribution is 2.25. The number of nitrogens with zero attached hydrogens (tertiary/aromatic N) is 4. The second kappa shape index (κ2) is 13.9. The summed E-state index contributed by atoms with van der Waals surface area (Å²) in [6.07, 6.45) is 1.04. The van der Waals surface area contributed by atoms with Crippen LogP contribution in [-0.4, -0.2) is 125 Å². The molecule has 13 nitrogen and oxygen atoms in total. The molecule has 0 saturated carbocycles. The number of H-pyrrole nitrogens is 1. The molecule has 0 aliphatic carbocycles. The number of amides is 5. The number of fused-ring (bicyclic) bond motifs is 3. The van der Waals surface area contributed by atoms with Crippen molar-refractivity contribution in [2.45, 2.75) is 31.3 Å². The Hall–Kier alpha value is -5.14. The van der Waals surface area contributed by atoms with E-state index in [0.29, 0.717) is 6.42 Å². The van der Waals surface area contributed by atoms with Crippen LogP contribution in [0.1, 0.15) is 28.8 Å². The molecule has 5 amide bonds.